The zero-order valence-corrected chi connectivity index (χ0v) is 22.6. The number of hydrogen-bond acceptors (Lipinski definition) is 7. The Labute approximate surface area is 226 Å². The van der Waals surface area contributed by atoms with Gasteiger partial charge in [-0.15, -0.1) is 11.3 Å². The summed E-state index contributed by atoms with van der Waals surface area (Å²) in [6.07, 6.45) is 3.08. The number of benzene rings is 2. The van der Waals surface area contributed by atoms with Gasteiger partial charge >= 0.3 is 5.97 Å². The zero-order valence-electron chi connectivity index (χ0n) is 21.8. The highest BCUT2D eigenvalue weighted by atomic mass is 32.1. The first-order valence-corrected chi connectivity index (χ1v) is 13.6. The van der Waals surface area contributed by atoms with Crippen LogP contribution in [0.2, 0.25) is 0 Å². The van der Waals surface area contributed by atoms with E-state index in [9.17, 15) is 14.4 Å². The predicted octanol–water partition coefficient (Wildman–Crippen LogP) is 1.97. The van der Waals surface area contributed by atoms with Gasteiger partial charge in [-0.2, -0.15) is 0 Å². The highest BCUT2D eigenvalue weighted by molar-refractivity contribution is 7.07. The molecular formula is C29H33N3O5S. The number of anilines is 1. The van der Waals surface area contributed by atoms with E-state index in [-0.39, 0.29) is 24.6 Å². The Balaban J connectivity index is 1.62. The summed E-state index contributed by atoms with van der Waals surface area (Å²) in [5.41, 5.74) is 2.87. The minimum absolute atomic E-state index is 0.141. The number of esters is 1. The molecular weight excluding hydrogens is 502 g/mol. The lowest BCUT2D eigenvalue weighted by Crippen LogP contribution is -2.45. The van der Waals surface area contributed by atoms with Crippen molar-refractivity contribution >= 4 is 41.1 Å². The number of amides is 1. The fourth-order valence-corrected chi connectivity index (χ4v) is 5.28. The van der Waals surface area contributed by atoms with E-state index < -0.39 is 5.97 Å². The number of aromatic nitrogens is 1. The van der Waals surface area contributed by atoms with E-state index in [4.69, 9.17) is 9.47 Å². The molecule has 0 N–H and O–H groups in total. The van der Waals surface area contributed by atoms with Crippen molar-refractivity contribution in [2.75, 3.05) is 44.4 Å². The monoisotopic (exact) mass is 535 g/mol. The van der Waals surface area contributed by atoms with Crippen LogP contribution in [0.5, 0.6) is 0 Å². The van der Waals surface area contributed by atoms with Gasteiger partial charge in [0.1, 0.15) is 11.2 Å². The van der Waals surface area contributed by atoms with Crippen molar-refractivity contribution < 1.29 is 19.1 Å². The second-order valence-corrected chi connectivity index (χ2v) is 9.88. The summed E-state index contributed by atoms with van der Waals surface area (Å²) in [5, 5.41) is 0. The van der Waals surface area contributed by atoms with Crippen molar-refractivity contribution in [3.05, 3.63) is 85.3 Å². The number of ether oxygens (including phenoxy) is 2. The van der Waals surface area contributed by atoms with Gasteiger partial charge in [-0.3, -0.25) is 14.2 Å². The van der Waals surface area contributed by atoms with Gasteiger partial charge in [-0.1, -0.05) is 42.5 Å². The standard InChI is InChI=1S/C29H33N3O5S/c1-3-30(20-23-8-6-5-7-9-23)24-12-10-22(11-13-24)18-25-29(35)32(27(38-25)19-28(34)37-4-2)21-26(33)31-14-16-36-17-15-31/h5-13,18-19H,3-4,14-17,20-21H2,1-2H3. The third-order valence-electron chi connectivity index (χ3n) is 6.28. The van der Waals surface area contributed by atoms with E-state index >= 15 is 0 Å². The van der Waals surface area contributed by atoms with Crippen LogP contribution in [0.1, 0.15) is 25.0 Å². The molecule has 0 saturated carbocycles. The molecule has 1 aromatic heterocycles. The molecule has 0 atom stereocenters. The molecule has 2 aromatic carbocycles. The quantitative estimate of drug-likeness (QED) is 0.390. The maximum atomic E-state index is 13.3. The van der Waals surface area contributed by atoms with Gasteiger partial charge in [0, 0.05) is 31.9 Å². The van der Waals surface area contributed by atoms with E-state index in [0.717, 1.165) is 24.3 Å². The van der Waals surface area contributed by atoms with Crippen LogP contribution in [0.4, 0.5) is 5.69 Å². The molecule has 38 heavy (non-hydrogen) atoms. The summed E-state index contributed by atoms with van der Waals surface area (Å²) in [7, 11) is 0. The summed E-state index contributed by atoms with van der Waals surface area (Å²) in [4.78, 5) is 42.4. The summed E-state index contributed by atoms with van der Waals surface area (Å²) in [5.74, 6) is -0.726. The van der Waals surface area contributed by atoms with Crippen molar-refractivity contribution in [1.82, 2.24) is 9.47 Å². The summed E-state index contributed by atoms with van der Waals surface area (Å²) < 4.78 is 12.6. The second-order valence-electron chi connectivity index (χ2n) is 8.82. The predicted molar refractivity (Wildman–Crippen MR) is 150 cm³/mol. The highest BCUT2D eigenvalue weighted by Gasteiger charge is 2.19. The van der Waals surface area contributed by atoms with Crippen molar-refractivity contribution in [3.63, 3.8) is 0 Å². The van der Waals surface area contributed by atoms with Gasteiger partial charge in [-0.05, 0) is 43.2 Å². The van der Waals surface area contributed by atoms with Crippen LogP contribution >= 0.6 is 11.3 Å². The Morgan fingerprint density at radius 3 is 2.42 bits per heavy atom. The zero-order chi connectivity index (χ0) is 26.9. The number of carbonyl (C=O) groups excluding carboxylic acids is 2. The number of hydrogen-bond donors (Lipinski definition) is 0. The van der Waals surface area contributed by atoms with Crippen LogP contribution in [0, 0.1) is 0 Å². The molecule has 0 radical (unpaired) electrons. The molecule has 4 rings (SSSR count). The lowest BCUT2D eigenvalue weighted by atomic mass is 10.1. The van der Waals surface area contributed by atoms with Crippen molar-refractivity contribution in [2.24, 2.45) is 0 Å². The molecule has 0 aliphatic carbocycles. The largest absolute Gasteiger partial charge is 0.463 e. The molecule has 9 heteroatoms. The van der Waals surface area contributed by atoms with Gasteiger partial charge < -0.3 is 19.3 Å². The first-order chi connectivity index (χ1) is 18.5. The number of carbonyl (C=O) groups is 2. The Bertz CT molecular complexity index is 1410. The smallest absolute Gasteiger partial charge is 0.333 e. The van der Waals surface area contributed by atoms with Crippen molar-refractivity contribution in [3.8, 4) is 0 Å². The summed E-state index contributed by atoms with van der Waals surface area (Å²) in [6, 6.07) is 18.3. The highest BCUT2D eigenvalue weighted by Crippen LogP contribution is 2.18. The molecule has 200 valence electrons. The number of rotatable bonds is 9. The topological polar surface area (TPSA) is 81.1 Å². The molecule has 1 saturated heterocycles. The average Bonchev–Trinajstić information content (AvgIpc) is 3.22. The fourth-order valence-electron chi connectivity index (χ4n) is 4.25. The van der Waals surface area contributed by atoms with Crippen LogP contribution in [0.15, 0.2) is 59.4 Å². The first kappa shape index (κ1) is 27.3. The Hall–Kier alpha value is -3.69. The van der Waals surface area contributed by atoms with Gasteiger partial charge in [0.25, 0.3) is 5.56 Å². The summed E-state index contributed by atoms with van der Waals surface area (Å²) >= 11 is 1.17. The molecule has 0 spiro atoms. The van der Waals surface area contributed by atoms with Gasteiger partial charge in [0.05, 0.1) is 30.4 Å². The van der Waals surface area contributed by atoms with E-state index in [2.05, 4.69) is 24.0 Å². The third kappa shape index (κ3) is 6.99. The van der Waals surface area contributed by atoms with E-state index in [1.165, 1.54) is 27.5 Å². The molecule has 8 nitrogen and oxygen atoms in total. The number of morpholine rings is 1. The van der Waals surface area contributed by atoms with Crippen LogP contribution in [-0.2, 0) is 32.2 Å². The second kappa shape index (κ2) is 13.2. The lowest BCUT2D eigenvalue weighted by Gasteiger charge is -2.26. The van der Waals surface area contributed by atoms with Crippen molar-refractivity contribution in [1.29, 1.82) is 0 Å². The SMILES string of the molecule is CCOC(=O)C=c1sc(=Cc2ccc(N(CC)Cc3ccccc3)cc2)c(=O)n1CC(=O)N1CCOCC1. The van der Waals surface area contributed by atoms with Gasteiger partial charge in [0.2, 0.25) is 5.91 Å². The minimum atomic E-state index is -0.546. The maximum absolute atomic E-state index is 13.3. The Morgan fingerprint density at radius 1 is 1.05 bits per heavy atom. The Kier molecular flexibility index (Phi) is 9.51. The van der Waals surface area contributed by atoms with Gasteiger partial charge in [0.15, 0.2) is 0 Å². The fraction of sp³-hybridized carbons (Fsp3) is 0.345. The molecule has 3 aromatic rings. The van der Waals surface area contributed by atoms with Crippen molar-refractivity contribution in [2.45, 2.75) is 26.9 Å². The molecule has 0 unspecified atom stereocenters. The van der Waals surface area contributed by atoms with E-state index in [0.29, 0.717) is 35.5 Å². The van der Waals surface area contributed by atoms with Crippen LogP contribution < -0.4 is 19.7 Å². The average molecular weight is 536 g/mol. The number of thiazole rings is 1. The molecule has 2 heterocycles. The maximum Gasteiger partial charge on any atom is 0.333 e. The van der Waals surface area contributed by atoms with Crippen LogP contribution in [0.25, 0.3) is 12.2 Å². The molecule has 1 fully saturated rings. The third-order valence-corrected chi connectivity index (χ3v) is 7.34. The molecule has 1 aliphatic heterocycles. The normalized spacial score (nSPS) is 14.5. The van der Waals surface area contributed by atoms with Crippen LogP contribution in [-0.4, -0.2) is 60.8 Å². The van der Waals surface area contributed by atoms with E-state index in [1.807, 2.05) is 42.5 Å². The molecule has 1 amide bonds. The molecule has 0 bridgehead atoms. The summed E-state index contributed by atoms with van der Waals surface area (Å²) in [6.45, 7) is 7.51. The van der Waals surface area contributed by atoms with Crippen LogP contribution in [0.3, 0.4) is 0 Å². The lowest BCUT2D eigenvalue weighted by molar-refractivity contribution is -0.136. The minimum Gasteiger partial charge on any atom is -0.463 e. The first-order valence-electron chi connectivity index (χ1n) is 12.8. The Morgan fingerprint density at radius 2 is 1.76 bits per heavy atom. The van der Waals surface area contributed by atoms with Gasteiger partial charge in [-0.25, -0.2) is 4.79 Å². The molecule has 1 aliphatic rings. The number of nitrogens with zero attached hydrogens (tertiary/aromatic N) is 3. The van der Waals surface area contributed by atoms with E-state index in [1.54, 1.807) is 17.9 Å².